The Morgan fingerprint density at radius 1 is 0.906 bits per heavy atom. The van der Waals surface area contributed by atoms with Crippen LogP contribution in [-0.2, 0) is 16.2 Å². The molecule has 5 heteroatoms. The lowest BCUT2D eigenvalue weighted by Gasteiger charge is -2.42. The number of hydrogen-bond acceptors (Lipinski definition) is 4. The first-order valence-electron chi connectivity index (χ1n) is 11.3. The molecule has 2 aromatic carbocycles. The third-order valence-corrected chi connectivity index (χ3v) is 6.76. The van der Waals surface area contributed by atoms with Crippen molar-refractivity contribution in [3.63, 3.8) is 0 Å². The lowest BCUT2D eigenvalue weighted by atomic mass is 9.71. The Bertz CT molecular complexity index is 1120. The first kappa shape index (κ1) is 20.7. The van der Waals surface area contributed by atoms with Crippen molar-refractivity contribution in [1.82, 2.24) is 4.90 Å². The summed E-state index contributed by atoms with van der Waals surface area (Å²) in [5.74, 6) is 0.156. The van der Waals surface area contributed by atoms with Crippen LogP contribution in [0.2, 0.25) is 0 Å². The molecule has 0 amide bonds. The number of ether oxygens (including phenoxy) is 1. The fraction of sp³-hybridized carbons (Fsp3) is 0.333. The van der Waals surface area contributed by atoms with E-state index in [9.17, 15) is 14.0 Å². The smallest absolute Gasteiger partial charge is 0.161 e. The van der Waals surface area contributed by atoms with Crippen molar-refractivity contribution in [2.45, 2.75) is 51.0 Å². The summed E-state index contributed by atoms with van der Waals surface area (Å²) in [6.45, 7) is 0.209. The Balaban J connectivity index is 1.60. The van der Waals surface area contributed by atoms with Gasteiger partial charge in [-0.05, 0) is 49.4 Å². The minimum atomic E-state index is -0.402. The summed E-state index contributed by atoms with van der Waals surface area (Å²) in [6.07, 6.45) is 4.36. The number of nitrogens with zero attached hydrogens (tertiary/aromatic N) is 1. The van der Waals surface area contributed by atoms with E-state index in [0.29, 0.717) is 18.6 Å². The Labute approximate surface area is 187 Å². The number of allylic oxidation sites excluding steroid dienone is 4. The van der Waals surface area contributed by atoms with E-state index >= 15 is 0 Å². The van der Waals surface area contributed by atoms with Crippen molar-refractivity contribution in [3.8, 4) is 5.75 Å². The maximum atomic E-state index is 13.6. The van der Waals surface area contributed by atoms with E-state index in [4.69, 9.17) is 4.74 Å². The molecular weight excluding hydrogens is 405 g/mol. The van der Waals surface area contributed by atoms with Crippen molar-refractivity contribution in [2.24, 2.45) is 0 Å². The molecule has 4 nitrogen and oxygen atoms in total. The largest absolute Gasteiger partial charge is 0.489 e. The number of halogens is 1. The van der Waals surface area contributed by atoms with Gasteiger partial charge < -0.3 is 9.64 Å². The Morgan fingerprint density at radius 2 is 1.56 bits per heavy atom. The van der Waals surface area contributed by atoms with Gasteiger partial charge >= 0.3 is 0 Å². The minimum absolute atomic E-state index is 0.118. The number of carbonyl (C=O) groups excluding carboxylic acids is 2. The Hall–Kier alpha value is -3.21. The highest BCUT2D eigenvalue weighted by atomic mass is 19.1. The van der Waals surface area contributed by atoms with Crippen molar-refractivity contribution in [3.05, 3.63) is 88.0 Å². The van der Waals surface area contributed by atoms with Gasteiger partial charge in [-0.25, -0.2) is 4.39 Å². The van der Waals surface area contributed by atoms with E-state index in [1.807, 2.05) is 37.4 Å². The van der Waals surface area contributed by atoms with Gasteiger partial charge in [0.2, 0.25) is 0 Å². The zero-order valence-electron chi connectivity index (χ0n) is 18.2. The molecule has 32 heavy (non-hydrogen) atoms. The highest BCUT2D eigenvalue weighted by Crippen LogP contribution is 2.50. The molecule has 0 bridgehead atoms. The number of rotatable bonds is 4. The van der Waals surface area contributed by atoms with Crippen LogP contribution in [0.1, 0.15) is 55.6 Å². The van der Waals surface area contributed by atoms with Crippen LogP contribution in [0, 0.1) is 5.82 Å². The average molecular weight is 432 g/mol. The SMILES string of the molecule is CN1C2=C(C(=O)CCC2)C(c2ccccc2OCc2cccc(F)c2)C2=C1CCCC2=O. The third kappa shape index (κ3) is 3.56. The summed E-state index contributed by atoms with van der Waals surface area (Å²) in [7, 11) is 1.99. The van der Waals surface area contributed by atoms with Gasteiger partial charge in [-0.3, -0.25) is 9.59 Å². The van der Waals surface area contributed by atoms with Gasteiger partial charge in [0.05, 0.1) is 0 Å². The fourth-order valence-electron chi connectivity index (χ4n) is 5.30. The average Bonchev–Trinajstić information content (AvgIpc) is 2.79. The molecule has 5 rings (SSSR count). The zero-order chi connectivity index (χ0) is 22.2. The molecule has 164 valence electrons. The van der Waals surface area contributed by atoms with Gasteiger partial charge in [-0.2, -0.15) is 0 Å². The fourth-order valence-corrected chi connectivity index (χ4v) is 5.30. The first-order valence-corrected chi connectivity index (χ1v) is 11.3. The van der Waals surface area contributed by atoms with Gasteiger partial charge in [-0.1, -0.05) is 30.3 Å². The van der Waals surface area contributed by atoms with Crippen LogP contribution >= 0.6 is 0 Å². The number of carbonyl (C=O) groups is 2. The van der Waals surface area contributed by atoms with E-state index in [0.717, 1.165) is 59.4 Å². The predicted octanol–water partition coefficient (Wildman–Crippen LogP) is 5.45. The molecule has 1 heterocycles. The minimum Gasteiger partial charge on any atom is -0.489 e. The number of benzene rings is 2. The molecule has 0 atom stereocenters. The van der Waals surface area contributed by atoms with Gasteiger partial charge in [0.1, 0.15) is 18.2 Å². The second-order valence-electron chi connectivity index (χ2n) is 8.72. The van der Waals surface area contributed by atoms with Gasteiger partial charge in [-0.15, -0.1) is 0 Å². The number of ketones is 2. The normalized spacial score (nSPS) is 19.2. The van der Waals surface area contributed by atoms with Crippen LogP contribution in [-0.4, -0.2) is 23.5 Å². The lowest BCUT2D eigenvalue weighted by Crippen LogP contribution is -2.37. The number of hydrogen-bond donors (Lipinski definition) is 0. The molecule has 0 unspecified atom stereocenters. The van der Waals surface area contributed by atoms with Crippen molar-refractivity contribution in [1.29, 1.82) is 0 Å². The topological polar surface area (TPSA) is 46.6 Å². The Kier molecular flexibility index (Phi) is 5.41. The molecule has 0 saturated heterocycles. The lowest BCUT2D eigenvalue weighted by molar-refractivity contribution is -0.117. The summed E-state index contributed by atoms with van der Waals surface area (Å²) < 4.78 is 19.7. The van der Waals surface area contributed by atoms with E-state index in [1.165, 1.54) is 12.1 Å². The number of para-hydroxylation sites is 1. The highest BCUT2D eigenvalue weighted by Gasteiger charge is 2.43. The molecule has 0 fully saturated rings. The molecule has 2 aromatic rings. The maximum Gasteiger partial charge on any atom is 0.161 e. The molecular formula is C27H26FNO3. The molecule has 0 radical (unpaired) electrons. The summed E-state index contributed by atoms with van der Waals surface area (Å²) in [6, 6.07) is 14.0. The van der Waals surface area contributed by atoms with E-state index in [-0.39, 0.29) is 24.0 Å². The van der Waals surface area contributed by atoms with E-state index < -0.39 is 5.92 Å². The summed E-state index contributed by atoms with van der Waals surface area (Å²) in [5, 5.41) is 0. The van der Waals surface area contributed by atoms with Gasteiger partial charge in [0.15, 0.2) is 11.6 Å². The van der Waals surface area contributed by atoms with Crippen molar-refractivity contribution < 1.29 is 18.7 Å². The van der Waals surface area contributed by atoms with E-state index in [1.54, 1.807) is 6.07 Å². The van der Waals surface area contributed by atoms with Crippen LogP contribution in [0.3, 0.4) is 0 Å². The molecule has 2 aliphatic carbocycles. The standard InChI is InChI=1S/C27H26FNO3/c1-29-20-10-5-12-22(30)26(20)25(27-21(29)11-6-13-23(27)31)19-9-2-3-14-24(19)32-16-17-7-4-8-18(28)15-17/h2-4,7-9,14-15,25H,5-6,10-13,16H2,1H3. The maximum absolute atomic E-state index is 13.6. The predicted molar refractivity (Wildman–Crippen MR) is 119 cm³/mol. The van der Waals surface area contributed by atoms with Gasteiger partial charge in [0, 0.05) is 53.9 Å². The van der Waals surface area contributed by atoms with Crippen LogP contribution in [0.15, 0.2) is 71.1 Å². The van der Waals surface area contributed by atoms with Crippen LogP contribution < -0.4 is 4.74 Å². The quantitative estimate of drug-likeness (QED) is 0.646. The molecule has 0 saturated carbocycles. The summed E-state index contributed by atoms with van der Waals surface area (Å²) in [5.41, 5.74) is 5.14. The van der Waals surface area contributed by atoms with Crippen molar-refractivity contribution in [2.75, 3.05) is 7.05 Å². The molecule has 1 aliphatic heterocycles. The second-order valence-corrected chi connectivity index (χ2v) is 8.72. The Morgan fingerprint density at radius 3 is 2.22 bits per heavy atom. The van der Waals surface area contributed by atoms with Gasteiger partial charge in [0.25, 0.3) is 0 Å². The highest BCUT2D eigenvalue weighted by molar-refractivity contribution is 6.06. The number of Topliss-reactive ketones (excluding diaryl/α,β-unsaturated/α-hetero) is 2. The third-order valence-electron chi connectivity index (χ3n) is 6.76. The monoisotopic (exact) mass is 431 g/mol. The zero-order valence-corrected chi connectivity index (χ0v) is 18.2. The van der Waals surface area contributed by atoms with Crippen LogP contribution in [0.5, 0.6) is 5.75 Å². The van der Waals surface area contributed by atoms with E-state index in [2.05, 4.69) is 4.90 Å². The van der Waals surface area contributed by atoms with Crippen LogP contribution in [0.25, 0.3) is 0 Å². The summed E-state index contributed by atoms with van der Waals surface area (Å²) in [4.78, 5) is 28.4. The summed E-state index contributed by atoms with van der Waals surface area (Å²) >= 11 is 0. The molecule has 0 aromatic heterocycles. The molecule has 0 spiro atoms. The first-order chi connectivity index (χ1) is 15.5. The van der Waals surface area contributed by atoms with Crippen molar-refractivity contribution >= 4 is 11.6 Å². The second kappa shape index (κ2) is 8.38. The molecule has 0 N–H and O–H groups in total. The van der Waals surface area contributed by atoms with Crippen LogP contribution in [0.4, 0.5) is 4.39 Å². The molecule has 3 aliphatic rings.